The largest absolute Gasteiger partial charge is 0.388 e. The number of aliphatic hydroxyl groups excluding tert-OH is 2. The highest BCUT2D eigenvalue weighted by atomic mass is 19.1. The first-order chi connectivity index (χ1) is 7.91. The van der Waals surface area contributed by atoms with Gasteiger partial charge in [-0.2, -0.15) is 4.39 Å². The van der Waals surface area contributed by atoms with Crippen molar-refractivity contribution in [1.82, 2.24) is 9.55 Å². The number of rotatable bonds is 1. The highest BCUT2D eigenvalue weighted by Crippen LogP contribution is 2.27. The average molecular weight is 246 g/mol. The van der Waals surface area contributed by atoms with Crippen LogP contribution in [0.2, 0.25) is 0 Å². The first kappa shape index (κ1) is 12.0. The normalized spacial score (nSPS) is 32.9. The first-order valence-electron chi connectivity index (χ1n) is 4.94. The summed E-state index contributed by atoms with van der Waals surface area (Å²) in [4.78, 5) is 24.0. The molecule has 94 valence electrons. The number of halogens is 1. The van der Waals surface area contributed by atoms with Crippen LogP contribution in [0, 0.1) is 5.82 Å². The maximum absolute atomic E-state index is 13.0. The van der Waals surface area contributed by atoms with Gasteiger partial charge in [-0.1, -0.05) is 0 Å². The number of nitrogens with one attached hydrogen (secondary N) is 1. The molecule has 1 fully saturated rings. The Morgan fingerprint density at radius 2 is 2.06 bits per heavy atom. The molecule has 1 aromatic rings. The van der Waals surface area contributed by atoms with Crippen LogP contribution in [-0.2, 0) is 4.74 Å². The second kappa shape index (κ2) is 4.06. The summed E-state index contributed by atoms with van der Waals surface area (Å²) in [6.45, 7) is 1.50. The van der Waals surface area contributed by atoms with Gasteiger partial charge >= 0.3 is 5.69 Å². The van der Waals surface area contributed by atoms with Gasteiger partial charge in [0.25, 0.3) is 5.56 Å². The molecule has 2 rings (SSSR count). The van der Waals surface area contributed by atoms with E-state index in [1.54, 1.807) is 4.98 Å². The molecule has 17 heavy (non-hydrogen) atoms. The quantitative estimate of drug-likeness (QED) is 0.548. The van der Waals surface area contributed by atoms with Crippen molar-refractivity contribution in [2.24, 2.45) is 0 Å². The van der Waals surface area contributed by atoms with Crippen LogP contribution in [0.15, 0.2) is 15.8 Å². The summed E-state index contributed by atoms with van der Waals surface area (Å²) in [7, 11) is 0. The fourth-order valence-corrected chi connectivity index (χ4v) is 1.71. The van der Waals surface area contributed by atoms with Gasteiger partial charge in [-0.05, 0) is 6.92 Å². The first-order valence-corrected chi connectivity index (χ1v) is 4.94. The van der Waals surface area contributed by atoms with Gasteiger partial charge in [-0.15, -0.1) is 0 Å². The van der Waals surface area contributed by atoms with E-state index in [0.717, 1.165) is 0 Å². The molecule has 1 saturated heterocycles. The van der Waals surface area contributed by atoms with E-state index in [1.165, 1.54) is 6.92 Å². The van der Waals surface area contributed by atoms with Crippen LogP contribution in [-0.4, -0.2) is 38.1 Å². The van der Waals surface area contributed by atoms with Gasteiger partial charge in [0.2, 0.25) is 5.82 Å². The van der Waals surface area contributed by atoms with Crippen LogP contribution in [0.1, 0.15) is 13.2 Å². The van der Waals surface area contributed by atoms with Crippen LogP contribution in [0.5, 0.6) is 0 Å². The second-order valence-corrected chi connectivity index (χ2v) is 3.86. The van der Waals surface area contributed by atoms with Gasteiger partial charge in [0.1, 0.15) is 12.2 Å². The molecular weight excluding hydrogens is 235 g/mol. The summed E-state index contributed by atoms with van der Waals surface area (Å²) < 4.78 is 18.9. The molecule has 7 nitrogen and oxygen atoms in total. The summed E-state index contributed by atoms with van der Waals surface area (Å²) in [5.74, 6) is -1.17. The number of aliphatic hydroxyl groups is 2. The highest BCUT2D eigenvalue weighted by molar-refractivity contribution is 4.93. The van der Waals surface area contributed by atoms with Gasteiger partial charge in [-0.25, -0.2) is 4.79 Å². The SMILES string of the molecule is CC1O[C@@H](n2cc(F)c(=O)[nH]c2=O)[C@H](O)[C@@H]1O. The lowest BCUT2D eigenvalue weighted by molar-refractivity contribution is -0.0356. The zero-order valence-electron chi connectivity index (χ0n) is 8.83. The number of ether oxygens (including phenoxy) is 1. The van der Waals surface area contributed by atoms with Crippen molar-refractivity contribution in [2.45, 2.75) is 31.5 Å². The Morgan fingerprint density at radius 3 is 2.59 bits per heavy atom. The highest BCUT2D eigenvalue weighted by Gasteiger charge is 2.41. The smallest absolute Gasteiger partial charge is 0.330 e. The number of hydrogen-bond donors (Lipinski definition) is 3. The molecule has 4 atom stereocenters. The van der Waals surface area contributed by atoms with Crippen LogP contribution in [0.3, 0.4) is 0 Å². The third-order valence-corrected chi connectivity index (χ3v) is 2.68. The monoisotopic (exact) mass is 246 g/mol. The lowest BCUT2D eigenvalue weighted by Gasteiger charge is -2.16. The lowest BCUT2D eigenvalue weighted by Crippen LogP contribution is -2.38. The second-order valence-electron chi connectivity index (χ2n) is 3.86. The number of hydrogen-bond acceptors (Lipinski definition) is 5. The van der Waals surface area contributed by atoms with Crippen molar-refractivity contribution in [3.63, 3.8) is 0 Å². The summed E-state index contributed by atoms with van der Waals surface area (Å²) in [6.07, 6.45) is -3.83. The topological polar surface area (TPSA) is 105 Å². The maximum Gasteiger partial charge on any atom is 0.330 e. The fraction of sp³-hybridized carbons (Fsp3) is 0.556. The Hall–Kier alpha value is -1.51. The van der Waals surface area contributed by atoms with Crippen LogP contribution in [0.4, 0.5) is 4.39 Å². The zero-order valence-corrected chi connectivity index (χ0v) is 8.83. The molecule has 3 N–H and O–H groups in total. The van der Waals surface area contributed by atoms with E-state index in [2.05, 4.69) is 0 Å². The molecule has 0 aliphatic carbocycles. The Labute approximate surface area is 94.1 Å². The van der Waals surface area contributed by atoms with Crippen molar-refractivity contribution in [1.29, 1.82) is 0 Å². The minimum Gasteiger partial charge on any atom is -0.388 e. The number of nitrogens with zero attached hydrogens (tertiary/aromatic N) is 1. The Kier molecular flexibility index (Phi) is 2.86. The molecule has 1 aliphatic rings. The molecule has 1 aliphatic heterocycles. The minimum absolute atomic E-state index is 0.639. The number of aromatic nitrogens is 2. The maximum atomic E-state index is 13.0. The molecule has 2 heterocycles. The number of aromatic amines is 1. The predicted octanol–water partition coefficient (Wildman–Crippen LogP) is -1.69. The predicted molar refractivity (Wildman–Crippen MR) is 52.9 cm³/mol. The summed E-state index contributed by atoms with van der Waals surface area (Å²) in [5.41, 5.74) is -2.06. The van der Waals surface area contributed by atoms with Gasteiger partial charge in [0.15, 0.2) is 6.23 Å². The molecular formula is C9H11FN2O5. The molecule has 8 heteroatoms. The average Bonchev–Trinajstić information content (AvgIpc) is 2.51. The van der Waals surface area contributed by atoms with Gasteiger partial charge in [0, 0.05) is 0 Å². The van der Waals surface area contributed by atoms with E-state index in [1.807, 2.05) is 0 Å². The zero-order chi connectivity index (χ0) is 12.7. The lowest BCUT2D eigenvalue weighted by atomic mass is 10.1. The van der Waals surface area contributed by atoms with Gasteiger partial charge < -0.3 is 14.9 Å². The molecule has 0 bridgehead atoms. The van der Waals surface area contributed by atoms with Crippen LogP contribution >= 0.6 is 0 Å². The standard InChI is InChI=1S/C9H11FN2O5/c1-3-5(13)6(14)8(17-3)12-2-4(10)7(15)11-9(12)16/h2-3,5-6,8,13-14H,1H3,(H,11,15,16)/t3?,5-,6-,8-/m1/s1. The third-order valence-electron chi connectivity index (χ3n) is 2.68. The van der Waals surface area contributed by atoms with Crippen molar-refractivity contribution >= 4 is 0 Å². The van der Waals surface area contributed by atoms with E-state index in [-0.39, 0.29) is 0 Å². The van der Waals surface area contributed by atoms with E-state index in [9.17, 15) is 24.2 Å². The Balaban J connectivity index is 2.46. The van der Waals surface area contributed by atoms with E-state index in [0.29, 0.717) is 10.8 Å². The molecule has 0 aromatic carbocycles. The van der Waals surface area contributed by atoms with Crippen molar-refractivity contribution in [3.05, 3.63) is 32.9 Å². The summed E-state index contributed by atoms with van der Waals surface area (Å²) in [5, 5.41) is 19.1. The molecule has 0 spiro atoms. The van der Waals surface area contributed by atoms with Gasteiger partial charge in [0.05, 0.1) is 12.3 Å². The Morgan fingerprint density at radius 1 is 1.41 bits per heavy atom. The van der Waals surface area contributed by atoms with Crippen molar-refractivity contribution < 1.29 is 19.3 Å². The summed E-state index contributed by atoms with van der Waals surface area (Å²) >= 11 is 0. The molecule has 0 amide bonds. The molecule has 0 radical (unpaired) electrons. The van der Waals surface area contributed by atoms with Crippen molar-refractivity contribution in [3.8, 4) is 0 Å². The minimum atomic E-state index is -1.37. The van der Waals surface area contributed by atoms with Crippen molar-refractivity contribution in [2.75, 3.05) is 0 Å². The summed E-state index contributed by atoms with van der Waals surface area (Å²) in [6, 6.07) is 0. The van der Waals surface area contributed by atoms with E-state index in [4.69, 9.17) is 4.74 Å². The van der Waals surface area contributed by atoms with Gasteiger partial charge in [-0.3, -0.25) is 14.3 Å². The van der Waals surface area contributed by atoms with Crippen LogP contribution in [0.25, 0.3) is 0 Å². The molecule has 1 unspecified atom stereocenters. The van der Waals surface area contributed by atoms with E-state index < -0.39 is 41.6 Å². The number of H-pyrrole nitrogens is 1. The third kappa shape index (κ3) is 1.90. The molecule has 1 aromatic heterocycles. The van der Waals surface area contributed by atoms with Crippen LogP contribution < -0.4 is 11.2 Å². The molecule has 0 saturated carbocycles. The fourth-order valence-electron chi connectivity index (χ4n) is 1.71. The Bertz CT molecular complexity index is 539. The van der Waals surface area contributed by atoms with E-state index >= 15 is 0 Å².